The number of hydrogen-bond acceptors (Lipinski definition) is 4. The third kappa shape index (κ3) is 4.36. The van der Waals surface area contributed by atoms with Crippen LogP contribution in [0.1, 0.15) is 11.4 Å². The first-order valence-electron chi connectivity index (χ1n) is 8.48. The van der Waals surface area contributed by atoms with E-state index < -0.39 is 12.0 Å². The lowest BCUT2D eigenvalue weighted by Gasteiger charge is -2.11. The van der Waals surface area contributed by atoms with E-state index in [0.717, 1.165) is 22.6 Å². The van der Waals surface area contributed by atoms with Crippen LogP contribution in [0.15, 0.2) is 30.7 Å². The Kier molecular flexibility index (Phi) is 5.61. The van der Waals surface area contributed by atoms with Crippen molar-refractivity contribution in [2.24, 2.45) is 0 Å². The third-order valence-electron chi connectivity index (χ3n) is 4.18. The van der Waals surface area contributed by atoms with Crippen LogP contribution < -0.4 is 0 Å². The molecule has 3 heterocycles. The fourth-order valence-corrected chi connectivity index (χ4v) is 3.24. The molecule has 0 aliphatic rings. The number of nitrogens with zero attached hydrogens (tertiary/aromatic N) is 4. The largest absolute Gasteiger partial charge is 0.451 e. The SMILES string of the molecule is Cc1ccnc2c1cc(-c1cnc(C(F)(F)F)nc1)n2COCC[Si+](C)C. The summed E-state index contributed by atoms with van der Waals surface area (Å²) in [6.45, 7) is 7.30. The highest BCUT2D eigenvalue weighted by Gasteiger charge is 2.34. The molecule has 0 aliphatic carbocycles. The van der Waals surface area contributed by atoms with Gasteiger partial charge in [0.05, 0.1) is 31.4 Å². The van der Waals surface area contributed by atoms with Crippen molar-refractivity contribution in [2.45, 2.75) is 39.0 Å². The highest BCUT2D eigenvalue weighted by molar-refractivity contribution is 6.55. The fraction of sp³-hybridized carbons (Fsp3) is 0.389. The van der Waals surface area contributed by atoms with E-state index in [1.54, 1.807) is 6.20 Å². The summed E-state index contributed by atoms with van der Waals surface area (Å²) >= 11 is 0. The molecule has 0 fully saturated rings. The Morgan fingerprint density at radius 3 is 2.48 bits per heavy atom. The minimum atomic E-state index is -4.56. The Morgan fingerprint density at radius 2 is 1.85 bits per heavy atom. The summed E-state index contributed by atoms with van der Waals surface area (Å²) in [6.07, 6.45) is -0.476. The number of fused-ring (bicyclic) bond motifs is 1. The number of alkyl halides is 3. The van der Waals surface area contributed by atoms with Crippen LogP contribution >= 0.6 is 0 Å². The van der Waals surface area contributed by atoms with E-state index >= 15 is 0 Å². The molecule has 5 nitrogen and oxygen atoms in total. The number of rotatable bonds is 6. The molecule has 0 atom stereocenters. The number of halogens is 3. The van der Waals surface area contributed by atoms with Gasteiger partial charge in [-0.05, 0) is 24.6 Å². The zero-order valence-electron chi connectivity index (χ0n) is 15.3. The Morgan fingerprint density at radius 1 is 1.15 bits per heavy atom. The molecule has 9 heteroatoms. The van der Waals surface area contributed by atoms with Crippen LogP contribution in [0.2, 0.25) is 19.1 Å². The monoisotopic (exact) mass is 393 g/mol. The molecule has 0 bridgehead atoms. The van der Waals surface area contributed by atoms with E-state index in [0.29, 0.717) is 17.9 Å². The lowest BCUT2D eigenvalue weighted by molar-refractivity contribution is -0.144. The van der Waals surface area contributed by atoms with Gasteiger partial charge in [-0.2, -0.15) is 13.2 Å². The summed E-state index contributed by atoms with van der Waals surface area (Å²) in [5.74, 6) is -1.15. The summed E-state index contributed by atoms with van der Waals surface area (Å²) in [6, 6.07) is 4.81. The maximum atomic E-state index is 12.7. The van der Waals surface area contributed by atoms with Crippen molar-refractivity contribution in [3.8, 4) is 11.3 Å². The first kappa shape index (κ1) is 19.5. The van der Waals surface area contributed by atoms with Gasteiger partial charge in [-0.25, -0.2) is 15.0 Å². The molecule has 0 spiro atoms. The molecule has 3 rings (SSSR count). The van der Waals surface area contributed by atoms with Crippen molar-refractivity contribution in [1.29, 1.82) is 0 Å². The number of aryl methyl sites for hydroxylation is 1. The molecule has 0 saturated heterocycles. The van der Waals surface area contributed by atoms with E-state index in [9.17, 15) is 13.2 Å². The second-order valence-electron chi connectivity index (χ2n) is 6.61. The molecular formula is C18H20F3N4OSi+. The first-order chi connectivity index (χ1) is 12.8. The van der Waals surface area contributed by atoms with Crippen LogP contribution in [-0.4, -0.2) is 34.9 Å². The van der Waals surface area contributed by atoms with Crippen LogP contribution in [0, 0.1) is 6.92 Å². The van der Waals surface area contributed by atoms with Crippen molar-refractivity contribution in [2.75, 3.05) is 6.61 Å². The van der Waals surface area contributed by atoms with Gasteiger partial charge in [-0.1, -0.05) is 0 Å². The highest BCUT2D eigenvalue weighted by atomic mass is 28.3. The fourth-order valence-electron chi connectivity index (χ4n) is 2.69. The van der Waals surface area contributed by atoms with Crippen molar-refractivity contribution in [3.05, 3.63) is 42.1 Å². The first-order valence-corrected chi connectivity index (χ1v) is 11.2. The van der Waals surface area contributed by atoms with E-state index in [4.69, 9.17) is 4.74 Å². The molecular weight excluding hydrogens is 373 g/mol. The van der Waals surface area contributed by atoms with Crippen LogP contribution in [-0.2, 0) is 17.6 Å². The Balaban J connectivity index is 1.98. The molecule has 0 radical (unpaired) electrons. The molecule has 27 heavy (non-hydrogen) atoms. The van der Waals surface area contributed by atoms with Crippen LogP contribution in [0.5, 0.6) is 0 Å². The number of aromatic nitrogens is 4. The quantitative estimate of drug-likeness (QED) is 0.455. The van der Waals surface area contributed by atoms with Crippen molar-refractivity contribution in [1.82, 2.24) is 19.5 Å². The molecule has 0 unspecified atom stereocenters. The van der Waals surface area contributed by atoms with Crippen LogP contribution in [0.3, 0.4) is 0 Å². The zero-order chi connectivity index (χ0) is 19.6. The van der Waals surface area contributed by atoms with Crippen LogP contribution in [0.4, 0.5) is 13.2 Å². The number of pyridine rings is 1. The summed E-state index contributed by atoms with van der Waals surface area (Å²) in [5, 5.41) is 0.923. The second-order valence-corrected chi connectivity index (χ2v) is 9.52. The Hall–Kier alpha value is -2.26. The smallest absolute Gasteiger partial charge is 0.358 e. The maximum Gasteiger partial charge on any atom is 0.451 e. The maximum absolute atomic E-state index is 12.7. The molecule has 0 amide bonds. The summed E-state index contributed by atoms with van der Waals surface area (Å²) < 4.78 is 45.9. The van der Waals surface area contributed by atoms with Gasteiger partial charge in [-0.15, -0.1) is 0 Å². The number of hydrogen-bond donors (Lipinski definition) is 0. The molecule has 3 aromatic rings. The predicted molar refractivity (Wildman–Crippen MR) is 98.7 cm³/mol. The second kappa shape index (κ2) is 7.77. The van der Waals surface area contributed by atoms with Crippen molar-refractivity contribution < 1.29 is 17.9 Å². The van der Waals surface area contributed by atoms with Gasteiger partial charge < -0.3 is 9.30 Å². The standard InChI is InChI=1S/C18H20F3N4OSi/c1-12-4-5-22-16-14(12)8-15(25(16)11-26-6-7-27(2)3)13-9-23-17(24-10-13)18(19,20)21/h4-5,8-10H,6-7,11H2,1-3H3/q+1. The molecule has 0 aliphatic heterocycles. The molecule has 0 aromatic carbocycles. The van der Waals surface area contributed by atoms with Crippen LogP contribution in [0.25, 0.3) is 22.3 Å². The van der Waals surface area contributed by atoms with Gasteiger partial charge >= 0.3 is 15.0 Å². The van der Waals surface area contributed by atoms with Gasteiger partial charge in [0.25, 0.3) is 0 Å². The van der Waals surface area contributed by atoms with E-state index in [1.165, 1.54) is 12.4 Å². The van der Waals surface area contributed by atoms with Gasteiger partial charge in [-0.3, -0.25) is 0 Å². The Labute approximate surface area is 156 Å². The molecule has 142 valence electrons. The average Bonchev–Trinajstić information content (AvgIpc) is 2.98. The lowest BCUT2D eigenvalue weighted by atomic mass is 10.2. The third-order valence-corrected chi connectivity index (χ3v) is 5.39. The van der Waals surface area contributed by atoms with Gasteiger partial charge in [0.1, 0.15) is 12.4 Å². The minimum Gasteiger partial charge on any atom is -0.358 e. The summed E-state index contributed by atoms with van der Waals surface area (Å²) in [4.78, 5) is 11.4. The van der Waals surface area contributed by atoms with E-state index in [2.05, 4.69) is 28.0 Å². The van der Waals surface area contributed by atoms with E-state index in [1.807, 2.05) is 23.6 Å². The zero-order valence-corrected chi connectivity index (χ0v) is 16.3. The number of ether oxygens (including phenoxy) is 1. The van der Waals surface area contributed by atoms with Crippen molar-refractivity contribution in [3.63, 3.8) is 0 Å². The normalized spacial score (nSPS) is 11.9. The molecule has 3 aromatic heterocycles. The minimum absolute atomic E-state index is 0.269. The summed E-state index contributed by atoms with van der Waals surface area (Å²) in [5.41, 5.74) is 2.92. The Bertz CT molecular complexity index is 923. The van der Waals surface area contributed by atoms with E-state index in [-0.39, 0.29) is 15.5 Å². The van der Waals surface area contributed by atoms with Gasteiger partial charge in [0.15, 0.2) is 0 Å². The highest BCUT2D eigenvalue weighted by Crippen LogP contribution is 2.30. The van der Waals surface area contributed by atoms with Gasteiger partial charge in [0.2, 0.25) is 5.82 Å². The van der Waals surface area contributed by atoms with Gasteiger partial charge in [0, 0.05) is 29.5 Å². The predicted octanol–water partition coefficient (Wildman–Crippen LogP) is 4.55. The molecule has 0 N–H and O–H groups in total. The molecule has 0 saturated carbocycles. The lowest BCUT2D eigenvalue weighted by Crippen LogP contribution is -2.11. The topological polar surface area (TPSA) is 52.8 Å². The average molecular weight is 393 g/mol. The van der Waals surface area contributed by atoms with Crippen molar-refractivity contribution >= 4 is 19.8 Å². The summed E-state index contributed by atoms with van der Waals surface area (Å²) in [7, 11) is -0.381.